The van der Waals surface area contributed by atoms with Gasteiger partial charge in [-0.25, -0.2) is 0 Å². The summed E-state index contributed by atoms with van der Waals surface area (Å²) in [5.41, 5.74) is -0.0573. The summed E-state index contributed by atoms with van der Waals surface area (Å²) in [5.74, 6) is -0.790. The van der Waals surface area contributed by atoms with E-state index in [1.54, 1.807) is 0 Å². The monoisotopic (exact) mass is 328 g/mol. The number of nitrogens with one attached hydrogen (secondary N) is 2. The van der Waals surface area contributed by atoms with Crippen molar-refractivity contribution in [3.8, 4) is 11.5 Å². The van der Waals surface area contributed by atoms with Gasteiger partial charge in [0.15, 0.2) is 11.5 Å². The summed E-state index contributed by atoms with van der Waals surface area (Å²) in [4.78, 5) is 23.5. The fourth-order valence-electron chi connectivity index (χ4n) is 2.01. The minimum atomic E-state index is -3.07. The van der Waals surface area contributed by atoms with E-state index in [9.17, 15) is 18.4 Å². The number of benzene rings is 1. The van der Waals surface area contributed by atoms with Crippen LogP contribution in [0.25, 0.3) is 0 Å². The minimum Gasteiger partial charge on any atom is -0.493 e. The number of para-hydroxylation sites is 1. The molecule has 2 amide bonds. The Hall–Kier alpha value is -2.38. The number of carbonyl (C=O) groups excluding carboxylic acids is 2. The molecule has 2 rings (SSSR count). The Balaban J connectivity index is 1.93. The molecule has 0 aromatic heterocycles. The second-order valence-corrected chi connectivity index (χ2v) is 5.04. The third-order valence-corrected chi connectivity index (χ3v) is 3.31. The molecule has 0 radical (unpaired) electrons. The highest BCUT2D eigenvalue weighted by atomic mass is 19.3. The normalized spacial score (nSPS) is 13.6. The van der Waals surface area contributed by atoms with Crippen LogP contribution >= 0.6 is 0 Å². The summed E-state index contributed by atoms with van der Waals surface area (Å²) in [6.45, 7) is -2.62. The number of methoxy groups -OCH3 is 1. The maximum absolute atomic E-state index is 12.5. The van der Waals surface area contributed by atoms with Crippen molar-refractivity contribution < 1.29 is 27.8 Å². The van der Waals surface area contributed by atoms with Crippen LogP contribution in [0.1, 0.15) is 23.2 Å². The van der Waals surface area contributed by atoms with Crippen LogP contribution in [0.2, 0.25) is 0 Å². The molecule has 1 aliphatic carbocycles. The van der Waals surface area contributed by atoms with Gasteiger partial charge in [-0.05, 0) is 25.0 Å². The lowest BCUT2D eigenvalue weighted by Gasteiger charge is -2.14. The number of ether oxygens (including phenoxy) is 2. The van der Waals surface area contributed by atoms with Crippen molar-refractivity contribution in [1.82, 2.24) is 10.6 Å². The fourth-order valence-corrected chi connectivity index (χ4v) is 2.01. The van der Waals surface area contributed by atoms with Gasteiger partial charge in [-0.3, -0.25) is 9.59 Å². The summed E-state index contributed by atoms with van der Waals surface area (Å²) in [5, 5.41) is 5.24. The average Bonchev–Trinajstić information content (AvgIpc) is 3.35. The lowest BCUT2D eigenvalue weighted by atomic mass is 10.1. The van der Waals surface area contributed by atoms with Crippen LogP contribution in [0.3, 0.4) is 0 Å². The van der Waals surface area contributed by atoms with E-state index < -0.39 is 12.5 Å². The van der Waals surface area contributed by atoms with Crippen molar-refractivity contribution >= 4 is 11.8 Å². The molecule has 1 saturated carbocycles. The second-order valence-electron chi connectivity index (χ2n) is 5.04. The van der Waals surface area contributed by atoms with Crippen molar-refractivity contribution in [3.63, 3.8) is 0 Å². The zero-order valence-corrected chi connectivity index (χ0v) is 12.6. The van der Waals surface area contributed by atoms with Gasteiger partial charge in [0.05, 0.1) is 12.7 Å². The number of hydrogen-bond donors (Lipinski definition) is 2. The molecule has 1 fully saturated rings. The maximum atomic E-state index is 12.5. The van der Waals surface area contributed by atoms with E-state index in [1.807, 2.05) is 0 Å². The molecule has 0 bridgehead atoms. The first kappa shape index (κ1) is 17.0. The average molecular weight is 328 g/mol. The lowest BCUT2D eigenvalue weighted by Crippen LogP contribution is -2.35. The second kappa shape index (κ2) is 7.75. The van der Waals surface area contributed by atoms with Crippen LogP contribution in [0.5, 0.6) is 11.5 Å². The Labute approximate surface area is 132 Å². The molecule has 0 aliphatic heterocycles. The molecule has 2 N–H and O–H groups in total. The standard InChI is InChI=1S/C15H18F2N2O4/c1-22-11-4-2-3-10(12(11)23-15(16)17)14(21)19-8-7-18-13(20)9-5-6-9/h2-4,9,15H,5-8H2,1H3,(H,18,20)(H,19,21). The molecule has 126 valence electrons. The Morgan fingerprint density at radius 2 is 1.96 bits per heavy atom. The fraction of sp³-hybridized carbons (Fsp3) is 0.467. The van der Waals surface area contributed by atoms with Crippen molar-refractivity contribution in [2.75, 3.05) is 20.2 Å². The Morgan fingerprint density at radius 1 is 1.26 bits per heavy atom. The molecule has 1 aliphatic rings. The van der Waals surface area contributed by atoms with E-state index in [0.717, 1.165) is 12.8 Å². The first-order valence-electron chi connectivity index (χ1n) is 7.20. The quantitative estimate of drug-likeness (QED) is 0.710. The van der Waals surface area contributed by atoms with Gasteiger partial charge in [-0.15, -0.1) is 0 Å². The number of amides is 2. The number of carbonyl (C=O) groups is 2. The molecule has 1 aromatic carbocycles. The van der Waals surface area contributed by atoms with Gasteiger partial charge < -0.3 is 20.1 Å². The predicted molar refractivity (Wildman–Crippen MR) is 77.7 cm³/mol. The topological polar surface area (TPSA) is 76.7 Å². The third kappa shape index (κ3) is 4.80. The van der Waals surface area contributed by atoms with Crippen LogP contribution in [0.15, 0.2) is 18.2 Å². The van der Waals surface area contributed by atoms with Gasteiger partial charge in [0.25, 0.3) is 5.91 Å². The van der Waals surface area contributed by atoms with Gasteiger partial charge in [-0.1, -0.05) is 6.07 Å². The Kier molecular flexibility index (Phi) is 5.72. The van der Waals surface area contributed by atoms with E-state index in [4.69, 9.17) is 4.74 Å². The summed E-state index contributed by atoms with van der Waals surface area (Å²) >= 11 is 0. The Bertz CT molecular complexity index is 577. The van der Waals surface area contributed by atoms with Crippen molar-refractivity contribution in [1.29, 1.82) is 0 Å². The van der Waals surface area contributed by atoms with Gasteiger partial charge in [0.2, 0.25) is 5.91 Å². The predicted octanol–water partition coefficient (Wildman–Crippen LogP) is 1.55. The third-order valence-electron chi connectivity index (χ3n) is 3.31. The molecule has 0 unspecified atom stereocenters. The van der Waals surface area contributed by atoms with E-state index in [1.165, 1.54) is 25.3 Å². The Morgan fingerprint density at radius 3 is 2.57 bits per heavy atom. The van der Waals surface area contributed by atoms with Crippen molar-refractivity contribution in [2.45, 2.75) is 19.5 Å². The van der Waals surface area contributed by atoms with Crippen LogP contribution in [-0.2, 0) is 4.79 Å². The summed E-state index contributed by atoms with van der Waals surface area (Å²) < 4.78 is 34.3. The minimum absolute atomic E-state index is 0.0256. The van der Waals surface area contributed by atoms with E-state index in [-0.39, 0.29) is 42.0 Å². The van der Waals surface area contributed by atoms with E-state index in [0.29, 0.717) is 0 Å². The molecule has 0 atom stereocenters. The largest absolute Gasteiger partial charge is 0.493 e. The first-order chi connectivity index (χ1) is 11.0. The maximum Gasteiger partial charge on any atom is 0.387 e. The summed E-state index contributed by atoms with van der Waals surface area (Å²) in [6, 6.07) is 4.28. The van der Waals surface area contributed by atoms with E-state index in [2.05, 4.69) is 15.4 Å². The molecule has 6 nitrogen and oxygen atoms in total. The molecule has 0 spiro atoms. The molecule has 8 heteroatoms. The highest BCUT2D eigenvalue weighted by Gasteiger charge is 2.29. The first-order valence-corrected chi connectivity index (χ1v) is 7.20. The number of alkyl halides is 2. The number of rotatable bonds is 8. The summed E-state index contributed by atoms with van der Waals surface area (Å²) in [7, 11) is 1.29. The highest BCUT2D eigenvalue weighted by molar-refractivity contribution is 5.97. The van der Waals surface area contributed by atoms with Crippen LogP contribution in [0, 0.1) is 5.92 Å². The van der Waals surface area contributed by atoms with Crippen molar-refractivity contribution in [2.24, 2.45) is 5.92 Å². The zero-order chi connectivity index (χ0) is 16.8. The molecule has 23 heavy (non-hydrogen) atoms. The SMILES string of the molecule is COc1cccc(C(=O)NCCNC(=O)C2CC2)c1OC(F)F. The molecule has 0 saturated heterocycles. The number of hydrogen-bond acceptors (Lipinski definition) is 4. The van der Waals surface area contributed by atoms with Crippen molar-refractivity contribution in [3.05, 3.63) is 23.8 Å². The molecule has 0 heterocycles. The smallest absolute Gasteiger partial charge is 0.387 e. The van der Waals surface area contributed by atoms with Gasteiger partial charge >= 0.3 is 6.61 Å². The summed E-state index contributed by atoms with van der Waals surface area (Å²) in [6.07, 6.45) is 1.80. The molecular formula is C15H18F2N2O4. The molecular weight excluding hydrogens is 310 g/mol. The van der Waals surface area contributed by atoms with Gasteiger partial charge in [0, 0.05) is 19.0 Å². The zero-order valence-electron chi connectivity index (χ0n) is 12.6. The van der Waals surface area contributed by atoms with Gasteiger partial charge in [-0.2, -0.15) is 8.78 Å². The van der Waals surface area contributed by atoms with Gasteiger partial charge in [0.1, 0.15) is 0 Å². The number of halogens is 2. The lowest BCUT2D eigenvalue weighted by molar-refractivity contribution is -0.122. The van der Waals surface area contributed by atoms with E-state index >= 15 is 0 Å². The highest BCUT2D eigenvalue weighted by Crippen LogP contribution is 2.32. The van der Waals surface area contributed by atoms with Crippen LogP contribution in [-0.4, -0.2) is 38.6 Å². The van der Waals surface area contributed by atoms with Crippen LogP contribution < -0.4 is 20.1 Å². The molecule has 1 aromatic rings. The van der Waals surface area contributed by atoms with Crippen LogP contribution in [0.4, 0.5) is 8.78 Å².